The van der Waals surface area contributed by atoms with E-state index in [1.165, 1.54) is 31.2 Å². The van der Waals surface area contributed by atoms with E-state index < -0.39 is 245 Å². The number of carboxylic acid groups (broad SMARTS) is 1. The van der Waals surface area contributed by atoms with Gasteiger partial charge in [-0.15, -0.1) is 0 Å². The molecule has 1 unspecified atom stereocenters. The summed E-state index contributed by atoms with van der Waals surface area (Å²) in [5.41, 5.74) is -3.45. The molecular formula is C58H74N6O31S3. The molecule has 4 aromatic rings. The smallest absolute Gasteiger partial charge is 0.338 e. The zero-order valence-corrected chi connectivity index (χ0v) is 54.3. The monoisotopic (exact) mass is 1450 g/mol. The van der Waals surface area contributed by atoms with Crippen molar-refractivity contribution in [2.24, 2.45) is 11.8 Å². The summed E-state index contributed by atoms with van der Waals surface area (Å²) in [6, 6.07) is 8.66. The molecule has 540 valence electrons. The van der Waals surface area contributed by atoms with Gasteiger partial charge in [0.2, 0.25) is 17.7 Å². The SMILES string of the molecule is C[C@@H]1O[C@@H](OC2[C@@H](NC(=O)c3cc(=O)[nH]c(=O)[nH]3)C[C@@H](C(=O)NCCNC(=O)COCCOCC(=O)Nc3cc(S(=O)(=O)O)cc4cc(S(=O)(=O)O)cc(S(=O)(=O)O)c34)C[C@H]2O[C@@H]2O[C@H](CO)[C@H](O)[C@H](O[C@@H](CC3CCCCC3)C(=O)O)[C@H]2OC(=O)c2ccccc2)[C@@H](O)[C@H](O)[C@@H]1O. The number of hydrogen-bond acceptors (Lipinski definition) is 27. The molecule has 2 saturated heterocycles. The van der Waals surface area contributed by atoms with Gasteiger partial charge in [0.15, 0.2) is 24.8 Å². The number of nitrogens with one attached hydrogen (secondary N) is 6. The molecule has 3 heterocycles. The molecule has 2 aliphatic carbocycles. The molecule has 15 N–H and O–H groups in total. The lowest BCUT2D eigenvalue weighted by atomic mass is 9.80. The van der Waals surface area contributed by atoms with Crippen molar-refractivity contribution in [2.75, 3.05) is 51.4 Å². The van der Waals surface area contributed by atoms with Gasteiger partial charge in [-0.1, -0.05) is 50.3 Å². The molecule has 1 aromatic heterocycles. The van der Waals surface area contributed by atoms with Crippen molar-refractivity contribution >= 4 is 82.4 Å². The second kappa shape index (κ2) is 33.2. The maximum Gasteiger partial charge on any atom is 0.338 e. The van der Waals surface area contributed by atoms with Crippen LogP contribution in [0.5, 0.6) is 0 Å². The Morgan fingerprint density at radius 2 is 1.34 bits per heavy atom. The number of carbonyl (C=O) groups excluding carboxylic acids is 5. The Morgan fingerprint density at radius 1 is 0.694 bits per heavy atom. The Labute approximate surface area is 557 Å². The van der Waals surface area contributed by atoms with Crippen LogP contribution < -0.4 is 32.5 Å². The van der Waals surface area contributed by atoms with Gasteiger partial charge in [0.25, 0.3) is 41.8 Å². The lowest BCUT2D eigenvalue weighted by molar-refractivity contribution is -0.347. The van der Waals surface area contributed by atoms with Crippen LogP contribution >= 0.6 is 0 Å². The van der Waals surface area contributed by atoms with Gasteiger partial charge < -0.3 is 94.8 Å². The van der Waals surface area contributed by atoms with Gasteiger partial charge in [-0.05, 0) is 73.9 Å². The first-order valence-electron chi connectivity index (χ1n) is 30.5. The first kappa shape index (κ1) is 76.4. The average molecular weight is 1450 g/mol. The molecule has 2 saturated carbocycles. The molecule has 15 atom stereocenters. The lowest BCUT2D eigenvalue weighted by Gasteiger charge is -2.48. The highest BCUT2D eigenvalue weighted by molar-refractivity contribution is 7.87. The van der Waals surface area contributed by atoms with Crippen LogP contribution in [0.2, 0.25) is 0 Å². The van der Waals surface area contributed by atoms with E-state index in [2.05, 4.69) is 26.3 Å². The summed E-state index contributed by atoms with van der Waals surface area (Å²) >= 11 is 0. The van der Waals surface area contributed by atoms with Crippen LogP contribution in [0, 0.1) is 11.8 Å². The van der Waals surface area contributed by atoms with Crippen molar-refractivity contribution in [1.82, 2.24) is 25.9 Å². The second-order valence-corrected chi connectivity index (χ2v) is 27.8. The predicted molar refractivity (Wildman–Crippen MR) is 328 cm³/mol. The third-order valence-corrected chi connectivity index (χ3v) is 19.1. The minimum atomic E-state index is -5.35. The van der Waals surface area contributed by atoms with Crippen molar-refractivity contribution in [3.05, 3.63) is 92.8 Å². The summed E-state index contributed by atoms with van der Waals surface area (Å²) in [7, 11) is -15.7. The largest absolute Gasteiger partial charge is 0.479 e. The number of H-pyrrole nitrogens is 2. The number of rotatable bonds is 29. The number of fused-ring (bicyclic) bond motifs is 1. The number of carboxylic acids is 1. The molecule has 37 nitrogen and oxygen atoms in total. The molecular weight excluding hydrogens is 1370 g/mol. The van der Waals surface area contributed by atoms with Crippen LogP contribution in [0.25, 0.3) is 10.8 Å². The highest BCUT2D eigenvalue weighted by atomic mass is 32.2. The van der Waals surface area contributed by atoms with Crippen LogP contribution in [0.1, 0.15) is 79.1 Å². The zero-order chi connectivity index (χ0) is 71.6. The van der Waals surface area contributed by atoms with Gasteiger partial charge in [0.1, 0.15) is 66.5 Å². The Balaban J connectivity index is 0.977. The lowest BCUT2D eigenvalue weighted by Crippen LogP contribution is -2.65. The van der Waals surface area contributed by atoms with Gasteiger partial charge in [0.05, 0.1) is 59.1 Å². The number of carbonyl (C=O) groups is 6. The quantitative estimate of drug-likeness (QED) is 0.0147. The number of benzene rings is 3. The van der Waals surface area contributed by atoms with E-state index in [4.69, 9.17) is 37.9 Å². The fourth-order valence-corrected chi connectivity index (χ4v) is 13.7. The molecule has 3 aromatic carbocycles. The summed E-state index contributed by atoms with van der Waals surface area (Å²) in [5.74, 6) is -7.75. The van der Waals surface area contributed by atoms with E-state index in [-0.39, 0.29) is 37.6 Å². The highest BCUT2D eigenvalue weighted by Gasteiger charge is 2.55. The number of aliphatic carboxylic acids is 1. The molecule has 98 heavy (non-hydrogen) atoms. The van der Waals surface area contributed by atoms with E-state index in [0.717, 1.165) is 25.3 Å². The minimum absolute atomic E-state index is 0.0398. The van der Waals surface area contributed by atoms with Gasteiger partial charge in [-0.25, -0.2) is 14.4 Å². The summed E-state index contributed by atoms with van der Waals surface area (Å²) in [6.07, 6.45) is -20.2. The zero-order valence-electron chi connectivity index (χ0n) is 51.8. The fourth-order valence-electron chi connectivity index (χ4n) is 11.7. The fraction of sp³-hybridized carbons (Fsp3) is 0.552. The Morgan fingerprint density at radius 3 is 1.96 bits per heavy atom. The summed E-state index contributed by atoms with van der Waals surface area (Å²) in [4.78, 5) is 107. The molecule has 0 radical (unpaired) electrons. The third kappa shape index (κ3) is 20.0. The van der Waals surface area contributed by atoms with Crippen LogP contribution in [-0.4, -0.2) is 247 Å². The highest BCUT2D eigenvalue weighted by Crippen LogP contribution is 2.39. The molecule has 4 aliphatic rings. The minimum Gasteiger partial charge on any atom is -0.479 e. The Bertz CT molecular complexity index is 3970. The standard InChI is InChI=1S/C58H74N6O31S3/c1-27-45(69)47(71)48(72)56(90-27)95-49-35(62-53(74)36-23-41(66)64-58(78)63-36)19-31(20-37(49)92-57-51(94-55(77)29-10-6-3-7-11-29)50(46(70)39(24-65)93-57)91-38(54(75)76)16-28-8-4-2-5-9-28)52(73)60-13-12-59-42(67)25-88-14-15-89-26-43(68)61-34-21-32(96(79,80)81)17-30-18-33(97(82,83)84)22-40(44(30)34)98(85,86)87/h3,6-7,10-11,17-18,21-23,27-28,31,35,37-39,45-51,56-57,65,69-72H,2,4-5,8-9,12-16,19-20,24-26H2,1H3,(H,59,67)(H,60,73)(H,61,68)(H,62,74)(H,75,76)(H,79,80,81)(H,82,83,84)(H,85,86,87)(H2,63,64,66,78)/t27-,31+,35-,37+,38-,39+,45+,46-,47+,48-,49?,50-,51+,56-,57+/m0/s1. The molecule has 2 aliphatic heterocycles. The number of aromatic amines is 2. The van der Waals surface area contributed by atoms with Crippen molar-refractivity contribution in [3.8, 4) is 0 Å². The molecule has 40 heteroatoms. The number of amides is 4. The average Bonchev–Trinajstić information content (AvgIpc) is 0.756. The van der Waals surface area contributed by atoms with E-state index in [0.29, 0.717) is 37.1 Å². The number of ether oxygens (including phenoxy) is 8. The molecule has 0 spiro atoms. The third-order valence-electron chi connectivity index (χ3n) is 16.5. The molecule has 0 bridgehead atoms. The van der Waals surface area contributed by atoms with Crippen LogP contribution in [0.15, 0.2) is 84.9 Å². The van der Waals surface area contributed by atoms with E-state index in [1.54, 1.807) is 6.07 Å². The second-order valence-electron chi connectivity index (χ2n) is 23.5. The van der Waals surface area contributed by atoms with E-state index in [9.17, 15) is 108 Å². The van der Waals surface area contributed by atoms with Crippen molar-refractivity contribution in [2.45, 2.75) is 159 Å². The Kier molecular flexibility index (Phi) is 25.9. The van der Waals surface area contributed by atoms with Crippen molar-refractivity contribution in [1.29, 1.82) is 0 Å². The van der Waals surface area contributed by atoms with E-state index >= 15 is 0 Å². The first-order chi connectivity index (χ1) is 46.2. The maximum absolute atomic E-state index is 14.4. The number of aliphatic hydroxyl groups is 5. The van der Waals surface area contributed by atoms with Crippen LogP contribution in [0.4, 0.5) is 5.69 Å². The maximum atomic E-state index is 14.4. The first-order valence-corrected chi connectivity index (χ1v) is 34.8. The molecule has 8 rings (SSSR count). The number of anilines is 1. The number of aromatic nitrogens is 2. The summed E-state index contributed by atoms with van der Waals surface area (Å²) in [5, 5.41) is 74.5. The molecule has 4 fully saturated rings. The van der Waals surface area contributed by atoms with Gasteiger partial charge in [-0.3, -0.25) is 42.6 Å². The van der Waals surface area contributed by atoms with Gasteiger partial charge in [-0.2, -0.15) is 25.3 Å². The van der Waals surface area contributed by atoms with E-state index in [1.807, 2.05) is 4.98 Å². The summed E-state index contributed by atoms with van der Waals surface area (Å²) < 4.78 is 150. The molecule has 4 amide bonds. The number of aliphatic hydroxyl groups excluding tert-OH is 5. The number of esters is 1. The normalized spacial score (nSPS) is 26.7. The van der Waals surface area contributed by atoms with Crippen molar-refractivity contribution in [3.63, 3.8) is 0 Å². The van der Waals surface area contributed by atoms with Gasteiger partial charge >= 0.3 is 17.6 Å². The topological polar surface area (TPSA) is 575 Å². The van der Waals surface area contributed by atoms with Crippen LogP contribution in [0.3, 0.4) is 0 Å². The van der Waals surface area contributed by atoms with Crippen molar-refractivity contribution < 1.29 is 136 Å². The summed E-state index contributed by atoms with van der Waals surface area (Å²) in [6.45, 7) is -2.49. The Hall–Kier alpha value is -7.33. The number of hydrogen-bond donors (Lipinski definition) is 15. The van der Waals surface area contributed by atoms with Crippen LogP contribution in [-0.2, 0) is 87.4 Å². The van der Waals surface area contributed by atoms with Gasteiger partial charge in [0, 0.05) is 30.5 Å². The predicted octanol–water partition coefficient (Wildman–Crippen LogP) is -2.92.